The number of rotatable bonds is 3. The van der Waals surface area contributed by atoms with Crippen LogP contribution in [0.15, 0.2) is 0 Å². The minimum Gasteiger partial charge on any atom is -0.481 e. The van der Waals surface area contributed by atoms with Crippen LogP contribution in [-0.2, 0) is 9.53 Å². The molecule has 0 aromatic rings. The SMILES string of the molecule is CC1CCCCN1CC1(C(=O)O)CCOCC1. The molecule has 0 aromatic carbocycles. The number of likely N-dealkylation sites (tertiary alicyclic amines) is 1. The number of nitrogens with zero attached hydrogens (tertiary/aromatic N) is 1. The lowest BCUT2D eigenvalue weighted by molar-refractivity contribution is -0.157. The van der Waals surface area contributed by atoms with Gasteiger partial charge < -0.3 is 9.84 Å². The quantitative estimate of drug-likeness (QED) is 0.817. The summed E-state index contributed by atoms with van der Waals surface area (Å²) in [5, 5.41) is 9.52. The van der Waals surface area contributed by atoms with Crippen molar-refractivity contribution in [1.29, 1.82) is 0 Å². The predicted molar refractivity (Wildman–Crippen MR) is 65.0 cm³/mol. The Hall–Kier alpha value is -0.610. The molecule has 0 saturated carbocycles. The van der Waals surface area contributed by atoms with Crippen LogP contribution in [0.3, 0.4) is 0 Å². The molecule has 4 nitrogen and oxygen atoms in total. The fraction of sp³-hybridized carbons (Fsp3) is 0.923. The lowest BCUT2D eigenvalue weighted by atomic mass is 9.79. The number of carboxylic acid groups (broad SMARTS) is 1. The van der Waals surface area contributed by atoms with Crippen LogP contribution in [0.4, 0.5) is 0 Å². The maximum atomic E-state index is 11.6. The molecule has 2 aliphatic heterocycles. The zero-order chi connectivity index (χ0) is 12.3. The minimum atomic E-state index is -0.640. The Morgan fingerprint density at radius 2 is 2.12 bits per heavy atom. The van der Waals surface area contributed by atoms with E-state index < -0.39 is 11.4 Å². The molecule has 0 amide bonds. The van der Waals surface area contributed by atoms with Gasteiger partial charge >= 0.3 is 5.97 Å². The van der Waals surface area contributed by atoms with E-state index in [0.717, 1.165) is 6.54 Å². The molecular weight excluding hydrogens is 218 g/mol. The first-order chi connectivity index (χ1) is 8.14. The molecule has 4 heteroatoms. The third-order valence-corrected chi connectivity index (χ3v) is 4.35. The third-order valence-electron chi connectivity index (χ3n) is 4.35. The largest absolute Gasteiger partial charge is 0.481 e. The van der Waals surface area contributed by atoms with Gasteiger partial charge in [-0.2, -0.15) is 0 Å². The van der Waals surface area contributed by atoms with E-state index in [1.165, 1.54) is 19.3 Å². The Labute approximate surface area is 103 Å². The lowest BCUT2D eigenvalue weighted by Gasteiger charge is -2.41. The second-order valence-electron chi connectivity index (χ2n) is 5.51. The standard InChI is InChI=1S/C13H23NO3/c1-11-4-2-3-7-14(11)10-13(12(15)16)5-8-17-9-6-13/h11H,2-10H2,1H3,(H,15,16). The second kappa shape index (κ2) is 5.36. The summed E-state index contributed by atoms with van der Waals surface area (Å²) >= 11 is 0. The van der Waals surface area contributed by atoms with E-state index in [2.05, 4.69) is 11.8 Å². The average Bonchev–Trinajstić information content (AvgIpc) is 2.33. The number of carboxylic acids is 1. The molecule has 2 saturated heterocycles. The molecule has 2 rings (SSSR count). The molecule has 0 aliphatic carbocycles. The van der Waals surface area contributed by atoms with Crippen molar-refractivity contribution in [2.45, 2.75) is 45.1 Å². The van der Waals surface area contributed by atoms with Crippen LogP contribution in [0.2, 0.25) is 0 Å². The number of aliphatic carboxylic acids is 1. The van der Waals surface area contributed by atoms with Gasteiger partial charge in [0.15, 0.2) is 0 Å². The molecule has 1 N–H and O–H groups in total. The summed E-state index contributed by atoms with van der Waals surface area (Å²) in [5.41, 5.74) is -0.566. The highest BCUT2D eigenvalue weighted by Gasteiger charge is 2.42. The minimum absolute atomic E-state index is 0.530. The molecule has 2 aliphatic rings. The summed E-state index contributed by atoms with van der Waals surface area (Å²) in [6.07, 6.45) is 5.00. The molecule has 1 atom stereocenters. The number of ether oxygens (including phenoxy) is 1. The van der Waals surface area contributed by atoms with Gasteiger partial charge in [-0.05, 0) is 39.2 Å². The zero-order valence-electron chi connectivity index (χ0n) is 10.7. The van der Waals surface area contributed by atoms with Crippen molar-refractivity contribution in [1.82, 2.24) is 4.90 Å². The van der Waals surface area contributed by atoms with Crippen molar-refractivity contribution in [3.8, 4) is 0 Å². The van der Waals surface area contributed by atoms with E-state index in [0.29, 0.717) is 38.6 Å². The molecule has 1 unspecified atom stereocenters. The lowest BCUT2D eigenvalue weighted by Crippen LogP contribution is -2.50. The van der Waals surface area contributed by atoms with Crippen molar-refractivity contribution in [2.75, 3.05) is 26.3 Å². The molecule has 0 spiro atoms. The van der Waals surface area contributed by atoms with E-state index in [9.17, 15) is 9.90 Å². The van der Waals surface area contributed by atoms with Gasteiger partial charge in [0.2, 0.25) is 0 Å². The predicted octanol–water partition coefficient (Wildman–Crippen LogP) is 1.74. The molecule has 0 aromatic heterocycles. The van der Waals surface area contributed by atoms with Crippen LogP contribution in [0.1, 0.15) is 39.0 Å². The van der Waals surface area contributed by atoms with E-state index in [4.69, 9.17) is 4.74 Å². The van der Waals surface area contributed by atoms with Crippen molar-refractivity contribution in [3.63, 3.8) is 0 Å². The fourth-order valence-corrected chi connectivity index (χ4v) is 2.98. The third kappa shape index (κ3) is 2.80. The van der Waals surface area contributed by atoms with Gasteiger partial charge in [0, 0.05) is 25.8 Å². The van der Waals surface area contributed by atoms with Crippen molar-refractivity contribution in [3.05, 3.63) is 0 Å². The number of hydrogen-bond donors (Lipinski definition) is 1. The maximum Gasteiger partial charge on any atom is 0.311 e. The molecule has 98 valence electrons. The van der Waals surface area contributed by atoms with Crippen LogP contribution >= 0.6 is 0 Å². The number of hydrogen-bond acceptors (Lipinski definition) is 3. The summed E-state index contributed by atoms with van der Waals surface area (Å²) in [7, 11) is 0. The first-order valence-electron chi connectivity index (χ1n) is 6.69. The Kier molecular flexibility index (Phi) is 4.05. The topological polar surface area (TPSA) is 49.8 Å². The van der Waals surface area contributed by atoms with Crippen LogP contribution in [0.25, 0.3) is 0 Å². The van der Waals surface area contributed by atoms with Gasteiger partial charge in [0.05, 0.1) is 5.41 Å². The Morgan fingerprint density at radius 1 is 1.41 bits per heavy atom. The van der Waals surface area contributed by atoms with Crippen LogP contribution < -0.4 is 0 Å². The van der Waals surface area contributed by atoms with Gasteiger partial charge in [-0.25, -0.2) is 0 Å². The summed E-state index contributed by atoms with van der Waals surface area (Å²) in [6, 6.07) is 0.530. The van der Waals surface area contributed by atoms with E-state index in [1.807, 2.05) is 0 Å². The average molecular weight is 241 g/mol. The molecule has 2 fully saturated rings. The number of carbonyl (C=O) groups is 1. The normalized spacial score (nSPS) is 30.1. The van der Waals surface area contributed by atoms with Crippen LogP contribution in [0, 0.1) is 5.41 Å². The molecule has 17 heavy (non-hydrogen) atoms. The van der Waals surface area contributed by atoms with E-state index in [1.54, 1.807) is 0 Å². The van der Waals surface area contributed by atoms with Crippen molar-refractivity contribution >= 4 is 5.97 Å². The zero-order valence-corrected chi connectivity index (χ0v) is 10.7. The number of piperidine rings is 1. The monoisotopic (exact) mass is 241 g/mol. The van der Waals surface area contributed by atoms with Crippen molar-refractivity contribution < 1.29 is 14.6 Å². The highest BCUT2D eigenvalue weighted by molar-refractivity contribution is 5.75. The Bertz CT molecular complexity index is 274. The molecule has 0 bridgehead atoms. The highest BCUT2D eigenvalue weighted by Crippen LogP contribution is 2.33. The van der Waals surface area contributed by atoms with Gasteiger partial charge in [0.25, 0.3) is 0 Å². The van der Waals surface area contributed by atoms with Gasteiger partial charge in [-0.15, -0.1) is 0 Å². The molecule has 2 heterocycles. The van der Waals surface area contributed by atoms with Crippen LogP contribution in [-0.4, -0.2) is 48.3 Å². The summed E-state index contributed by atoms with van der Waals surface area (Å²) in [6.45, 7) is 5.15. The first kappa shape index (κ1) is 12.8. The summed E-state index contributed by atoms with van der Waals surface area (Å²) < 4.78 is 5.31. The van der Waals surface area contributed by atoms with Crippen molar-refractivity contribution in [2.24, 2.45) is 5.41 Å². The second-order valence-corrected chi connectivity index (χ2v) is 5.51. The molecule has 0 radical (unpaired) electrons. The summed E-state index contributed by atoms with van der Waals surface area (Å²) in [5.74, 6) is -0.640. The smallest absolute Gasteiger partial charge is 0.311 e. The summed E-state index contributed by atoms with van der Waals surface area (Å²) in [4.78, 5) is 13.9. The van der Waals surface area contributed by atoms with Gasteiger partial charge in [-0.1, -0.05) is 6.42 Å². The Balaban J connectivity index is 2.03. The highest BCUT2D eigenvalue weighted by atomic mass is 16.5. The fourth-order valence-electron chi connectivity index (χ4n) is 2.98. The van der Waals surface area contributed by atoms with Crippen LogP contribution in [0.5, 0.6) is 0 Å². The van der Waals surface area contributed by atoms with E-state index >= 15 is 0 Å². The first-order valence-corrected chi connectivity index (χ1v) is 6.69. The molecular formula is C13H23NO3. The van der Waals surface area contributed by atoms with Gasteiger partial charge in [0.1, 0.15) is 0 Å². The van der Waals surface area contributed by atoms with E-state index in [-0.39, 0.29) is 0 Å². The Morgan fingerprint density at radius 3 is 2.71 bits per heavy atom. The maximum absolute atomic E-state index is 11.6. The van der Waals surface area contributed by atoms with Gasteiger partial charge in [-0.3, -0.25) is 9.69 Å².